The van der Waals surface area contributed by atoms with E-state index in [1.54, 1.807) is 13.2 Å². The Morgan fingerprint density at radius 2 is 1.88 bits per heavy atom. The van der Waals surface area contributed by atoms with Crippen molar-refractivity contribution < 1.29 is 18.7 Å². The number of esters is 1. The molecule has 1 aromatic heterocycles. The second-order valence-corrected chi connectivity index (χ2v) is 8.33. The Hall–Kier alpha value is -3.06. The van der Waals surface area contributed by atoms with Crippen LogP contribution in [0.15, 0.2) is 64.4 Å². The maximum absolute atomic E-state index is 13.1. The molecule has 170 valence electrons. The van der Waals surface area contributed by atoms with Gasteiger partial charge in [0.15, 0.2) is 0 Å². The fraction of sp³-hybridized carbons (Fsp3) is 0.440. The number of carbonyl (C=O) groups excluding carboxylic acids is 2. The van der Waals surface area contributed by atoms with Crippen molar-refractivity contribution in [1.82, 2.24) is 15.5 Å². The number of ether oxygens (including phenoxy) is 1. The lowest BCUT2D eigenvalue weighted by Gasteiger charge is -2.37. The molecule has 1 saturated carbocycles. The van der Waals surface area contributed by atoms with Crippen LogP contribution in [-0.2, 0) is 16.1 Å². The Morgan fingerprint density at radius 3 is 2.56 bits per heavy atom. The van der Waals surface area contributed by atoms with Crippen LogP contribution >= 0.6 is 0 Å². The third-order valence-electron chi connectivity index (χ3n) is 6.17. The number of rotatable bonds is 8. The number of urea groups is 1. The van der Waals surface area contributed by atoms with E-state index in [0.29, 0.717) is 30.4 Å². The summed E-state index contributed by atoms with van der Waals surface area (Å²) in [6.45, 7) is 3.12. The van der Waals surface area contributed by atoms with Crippen LogP contribution in [0.2, 0.25) is 0 Å². The van der Waals surface area contributed by atoms with Crippen molar-refractivity contribution in [3.63, 3.8) is 0 Å². The number of amides is 2. The van der Waals surface area contributed by atoms with Crippen LogP contribution in [0.25, 0.3) is 0 Å². The van der Waals surface area contributed by atoms with E-state index in [0.717, 1.165) is 24.2 Å². The normalized spacial score (nSPS) is 19.6. The number of hydrogen-bond acceptors (Lipinski definition) is 5. The van der Waals surface area contributed by atoms with Gasteiger partial charge in [-0.2, -0.15) is 0 Å². The van der Waals surface area contributed by atoms with Gasteiger partial charge in [-0.25, -0.2) is 9.59 Å². The van der Waals surface area contributed by atoms with Crippen molar-refractivity contribution in [2.45, 2.75) is 57.7 Å². The molecule has 2 heterocycles. The number of hydrogen-bond donors (Lipinski definition) is 2. The lowest BCUT2D eigenvalue weighted by atomic mass is 9.92. The van der Waals surface area contributed by atoms with Crippen molar-refractivity contribution in [3.05, 3.63) is 71.3 Å². The summed E-state index contributed by atoms with van der Waals surface area (Å²) in [4.78, 5) is 28.0. The molecule has 2 aromatic rings. The van der Waals surface area contributed by atoms with Crippen LogP contribution in [0.5, 0.6) is 0 Å². The van der Waals surface area contributed by atoms with E-state index in [2.05, 4.69) is 15.5 Å². The summed E-state index contributed by atoms with van der Waals surface area (Å²) in [7, 11) is 0. The molecule has 2 aliphatic rings. The fourth-order valence-electron chi connectivity index (χ4n) is 4.65. The predicted molar refractivity (Wildman–Crippen MR) is 121 cm³/mol. The molecule has 2 amide bonds. The molecule has 1 aliphatic heterocycles. The molecular weight excluding hydrogens is 406 g/mol. The Balaban J connectivity index is 1.70. The van der Waals surface area contributed by atoms with Gasteiger partial charge < -0.3 is 19.8 Å². The van der Waals surface area contributed by atoms with Crippen molar-refractivity contribution in [3.8, 4) is 0 Å². The molecule has 0 spiro atoms. The second-order valence-electron chi connectivity index (χ2n) is 8.33. The number of carbonyl (C=O) groups is 2. The number of benzene rings is 1. The predicted octanol–water partition coefficient (Wildman–Crippen LogP) is 4.29. The van der Waals surface area contributed by atoms with Crippen molar-refractivity contribution in [2.75, 3.05) is 13.2 Å². The molecule has 0 bridgehead atoms. The molecule has 7 nitrogen and oxygen atoms in total. The van der Waals surface area contributed by atoms with Crippen molar-refractivity contribution in [1.29, 1.82) is 0 Å². The zero-order valence-electron chi connectivity index (χ0n) is 18.5. The van der Waals surface area contributed by atoms with Gasteiger partial charge in [-0.05, 0) is 37.5 Å². The van der Waals surface area contributed by atoms with Crippen LogP contribution < -0.4 is 10.6 Å². The van der Waals surface area contributed by atoms with Gasteiger partial charge >= 0.3 is 12.0 Å². The van der Waals surface area contributed by atoms with Crippen molar-refractivity contribution in [2.24, 2.45) is 0 Å². The Bertz CT molecular complexity index is 933. The SMILES string of the molecule is CCOC(=O)C1=C(CN(Cc2ccco2)C2CCCCC2)NC(=O)N[C@@H]1c1ccccc1. The highest BCUT2D eigenvalue weighted by atomic mass is 16.5. The molecule has 4 rings (SSSR count). The summed E-state index contributed by atoms with van der Waals surface area (Å²) in [5, 5.41) is 5.82. The number of nitrogens with zero attached hydrogens (tertiary/aromatic N) is 1. The highest BCUT2D eigenvalue weighted by Gasteiger charge is 2.35. The van der Waals surface area contributed by atoms with Crippen molar-refractivity contribution >= 4 is 12.0 Å². The van der Waals surface area contributed by atoms with E-state index in [1.807, 2.05) is 42.5 Å². The Labute approximate surface area is 188 Å². The molecule has 0 radical (unpaired) electrons. The Morgan fingerprint density at radius 1 is 1.09 bits per heavy atom. The average Bonchev–Trinajstić information content (AvgIpc) is 3.33. The summed E-state index contributed by atoms with van der Waals surface area (Å²) >= 11 is 0. The standard InChI is InChI=1S/C25H31N3O4/c1-2-31-24(29)22-21(26-25(30)27-23(22)18-10-5-3-6-11-18)17-28(16-20-14-9-15-32-20)19-12-7-4-8-13-19/h3,5-6,9-11,14-15,19,23H,2,4,7-8,12-13,16-17H2,1H3,(H2,26,27,30)/t23-/m1/s1. The molecule has 0 saturated heterocycles. The lowest BCUT2D eigenvalue weighted by molar-refractivity contribution is -0.139. The van der Waals surface area contributed by atoms with Gasteiger partial charge in [0.2, 0.25) is 0 Å². The van der Waals surface area contributed by atoms with Gasteiger partial charge in [0.25, 0.3) is 0 Å². The smallest absolute Gasteiger partial charge is 0.338 e. The molecule has 1 aromatic carbocycles. The highest BCUT2D eigenvalue weighted by Crippen LogP contribution is 2.30. The third-order valence-corrected chi connectivity index (χ3v) is 6.17. The van der Waals surface area contributed by atoms with Gasteiger partial charge in [-0.15, -0.1) is 0 Å². The minimum Gasteiger partial charge on any atom is -0.468 e. The van der Waals surface area contributed by atoms with Crippen LogP contribution in [0.1, 0.15) is 56.4 Å². The first-order valence-electron chi connectivity index (χ1n) is 11.4. The maximum Gasteiger partial charge on any atom is 0.338 e. The third kappa shape index (κ3) is 5.22. The van der Waals surface area contributed by atoms with Crippen LogP contribution in [0, 0.1) is 0 Å². The van der Waals surface area contributed by atoms with Crippen LogP contribution in [-0.4, -0.2) is 36.1 Å². The largest absolute Gasteiger partial charge is 0.468 e. The summed E-state index contributed by atoms with van der Waals surface area (Å²) in [5.74, 6) is 0.458. The summed E-state index contributed by atoms with van der Waals surface area (Å²) in [6.07, 6.45) is 7.48. The molecule has 2 N–H and O–H groups in total. The molecule has 1 aliphatic carbocycles. The molecular formula is C25H31N3O4. The molecule has 1 fully saturated rings. The first-order chi connectivity index (χ1) is 15.7. The van der Waals surface area contributed by atoms with E-state index in [9.17, 15) is 9.59 Å². The number of nitrogens with one attached hydrogen (secondary N) is 2. The lowest BCUT2D eigenvalue weighted by Crippen LogP contribution is -2.49. The molecule has 32 heavy (non-hydrogen) atoms. The highest BCUT2D eigenvalue weighted by molar-refractivity contribution is 5.95. The van der Waals surface area contributed by atoms with E-state index in [-0.39, 0.29) is 12.6 Å². The van der Waals surface area contributed by atoms with Gasteiger partial charge in [0.05, 0.1) is 31.0 Å². The first kappa shape index (κ1) is 22.1. The van der Waals surface area contributed by atoms with E-state index >= 15 is 0 Å². The molecule has 7 heteroatoms. The summed E-state index contributed by atoms with van der Waals surface area (Å²) < 4.78 is 11.0. The average molecular weight is 438 g/mol. The summed E-state index contributed by atoms with van der Waals surface area (Å²) in [6, 6.07) is 12.9. The monoisotopic (exact) mass is 437 g/mol. The van der Waals surface area contributed by atoms with Gasteiger partial charge in [-0.1, -0.05) is 49.6 Å². The second kappa shape index (κ2) is 10.5. The maximum atomic E-state index is 13.1. The van der Waals surface area contributed by atoms with Gasteiger partial charge in [0, 0.05) is 18.3 Å². The zero-order valence-corrected chi connectivity index (χ0v) is 18.5. The summed E-state index contributed by atoms with van der Waals surface area (Å²) in [5.41, 5.74) is 1.90. The molecule has 0 unspecified atom stereocenters. The zero-order chi connectivity index (χ0) is 22.3. The topological polar surface area (TPSA) is 83.8 Å². The minimum atomic E-state index is -0.559. The minimum absolute atomic E-state index is 0.268. The first-order valence-corrected chi connectivity index (χ1v) is 11.4. The van der Waals surface area contributed by atoms with Gasteiger partial charge in [0.1, 0.15) is 5.76 Å². The van der Waals surface area contributed by atoms with Crippen LogP contribution in [0.3, 0.4) is 0 Å². The fourth-order valence-corrected chi connectivity index (χ4v) is 4.65. The van der Waals surface area contributed by atoms with Gasteiger partial charge in [-0.3, -0.25) is 4.90 Å². The Kier molecular flexibility index (Phi) is 7.27. The molecule has 1 atom stereocenters. The van der Waals surface area contributed by atoms with E-state index in [4.69, 9.17) is 9.15 Å². The van der Waals surface area contributed by atoms with E-state index in [1.165, 1.54) is 19.3 Å². The quantitative estimate of drug-likeness (QED) is 0.602. The number of furan rings is 1. The van der Waals surface area contributed by atoms with E-state index < -0.39 is 12.0 Å². The van der Waals surface area contributed by atoms with Crippen LogP contribution in [0.4, 0.5) is 4.79 Å².